The van der Waals surface area contributed by atoms with Crippen LogP contribution in [0.5, 0.6) is 0 Å². The summed E-state index contributed by atoms with van der Waals surface area (Å²) in [7, 11) is -0.454. The summed E-state index contributed by atoms with van der Waals surface area (Å²) in [4.78, 5) is 17.3. The molecule has 0 aliphatic carbocycles. The molecule has 140 valence electrons. The van der Waals surface area contributed by atoms with E-state index in [4.69, 9.17) is 11.6 Å². The number of thiazole rings is 1. The summed E-state index contributed by atoms with van der Waals surface area (Å²) < 4.78 is 27.1. The van der Waals surface area contributed by atoms with Gasteiger partial charge in [0.05, 0.1) is 12.2 Å². The number of anilines is 2. The summed E-state index contributed by atoms with van der Waals surface area (Å²) in [6.45, 7) is 0.627. The van der Waals surface area contributed by atoms with Crippen LogP contribution in [0, 0.1) is 0 Å². The van der Waals surface area contributed by atoms with Crippen LogP contribution in [-0.2, 0) is 23.2 Å². The summed E-state index contributed by atoms with van der Waals surface area (Å²) in [6, 6.07) is 6.33. The molecule has 0 fully saturated rings. The third-order valence-corrected chi connectivity index (χ3v) is 6.94. The van der Waals surface area contributed by atoms with E-state index in [0.29, 0.717) is 28.8 Å². The third-order valence-electron chi connectivity index (χ3n) is 3.81. The number of halogens is 1. The Labute approximate surface area is 161 Å². The lowest BCUT2D eigenvalue weighted by Gasteiger charge is -2.27. The number of amides is 2. The Bertz CT molecular complexity index is 912. The maximum atomic E-state index is 12.3. The fourth-order valence-corrected chi connectivity index (χ4v) is 4.75. The normalized spacial score (nSPS) is 14.9. The first-order valence-electron chi connectivity index (χ1n) is 7.75. The van der Waals surface area contributed by atoms with E-state index in [0.717, 1.165) is 10.6 Å². The van der Waals surface area contributed by atoms with Crippen LogP contribution in [-0.4, -0.2) is 48.7 Å². The highest BCUT2D eigenvalue weighted by Crippen LogP contribution is 2.30. The Morgan fingerprint density at radius 2 is 1.96 bits per heavy atom. The van der Waals surface area contributed by atoms with Crippen molar-refractivity contribution in [2.75, 3.05) is 31.3 Å². The number of aromatic nitrogens is 1. The van der Waals surface area contributed by atoms with Crippen molar-refractivity contribution in [1.82, 2.24) is 13.6 Å². The number of benzene rings is 1. The predicted octanol–water partition coefficient (Wildman–Crippen LogP) is 2.61. The first-order chi connectivity index (χ1) is 12.3. The zero-order valence-corrected chi connectivity index (χ0v) is 16.6. The largest absolute Gasteiger partial charge is 0.325 e. The van der Waals surface area contributed by atoms with Gasteiger partial charge in [-0.25, -0.2) is 9.78 Å². The SMILES string of the molecule is CN(C)S(=O)(=O)N1CCc2nc(NC(=O)Nc3ccc(Cl)cc3)sc2C1. The quantitative estimate of drug-likeness (QED) is 0.802. The van der Waals surface area contributed by atoms with Crippen LogP contribution in [0.1, 0.15) is 10.6 Å². The predicted molar refractivity (Wildman–Crippen MR) is 103 cm³/mol. The molecule has 0 bridgehead atoms. The van der Waals surface area contributed by atoms with Crippen LogP contribution in [0.25, 0.3) is 0 Å². The molecule has 2 aromatic rings. The molecule has 1 aromatic carbocycles. The zero-order valence-electron chi connectivity index (χ0n) is 14.2. The Kier molecular flexibility index (Phi) is 5.49. The molecule has 0 saturated carbocycles. The van der Waals surface area contributed by atoms with E-state index in [1.807, 2.05) is 0 Å². The van der Waals surface area contributed by atoms with Gasteiger partial charge in [0.15, 0.2) is 5.13 Å². The minimum atomic E-state index is -3.47. The van der Waals surface area contributed by atoms with Gasteiger partial charge in [0.25, 0.3) is 10.2 Å². The number of carbonyl (C=O) groups is 1. The van der Waals surface area contributed by atoms with Gasteiger partial charge in [0, 0.05) is 42.6 Å². The molecule has 1 aromatic heterocycles. The zero-order chi connectivity index (χ0) is 18.9. The fraction of sp³-hybridized carbons (Fsp3) is 0.333. The second kappa shape index (κ2) is 7.49. The highest BCUT2D eigenvalue weighted by molar-refractivity contribution is 7.86. The molecule has 0 atom stereocenters. The molecular formula is C15H18ClN5O3S2. The van der Waals surface area contributed by atoms with Crippen LogP contribution in [0.3, 0.4) is 0 Å². The Hall–Kier alpha value is -1.72. The van der Waals surface area contributed by atoms with Crippen molar-refractivity contribution in [3.8, 4) is 0 Å². The molecule has 0 spiro atoms. The smallest absolute Gasteiger partial charge is 0.308 e. The minimum absolute atomic E-state index is 0.258. The second-order valence-corrected chi connectivity index (χ2v) is 9.51. The van der Waals surface area contributed by atoms with Gasteiger partial charge in [0.1, 0.15) is 0 Å². The van der Waals surface area contributed by atoms with Crippen molar-refractivity contribution in [2.24, 2.45) is 0 Å². The van der Waals surface area contributed by atoms with E-state index >= 15 is 0 Å². The molecule has 1 aliphatic rings. The lowest BCUT2D eigenvalue weighted by molar-refractivity contribution is 0.262. The average Bonchev–Trinajstić information content (AvgIpc) is 2.97. The molecule has 1 aliphatic heterocycles. The highest BCUT2D eigenvalue weighted by Gasteiger charge is 2.30. The lowest BCUT2D eigenvalue weighted by atomic mass is 10.2. The molecule has 2 heterocycles. The van der Waals surface area contributed by atoms with E-state index in [9.17, 15) is 13.2 Å². The van der Waals surface area contributed by atoms with Gasteiger partial charge in [-0.3, -0.25) is 5.32 Å². The Morgan fingerprint density at radius 1 is 1.27 bits per heavy atom. The molecule has 2 amide bonds. The number of hydrogen-bond donors (Lipinski definition) is 2. The van der Waals surface area contributed by atoms with Crippen LogP contribution >= 0.6 is 22.9 Å². The van der Waals surface area contributed by atoms with E-state index in [1.165, 1.54) is 34.0 Å². The van der Waals surface area contributed by atoms with Gasteiger partial charge >= 0.3 is 6.03 Å². The number of nitrogens with one attached hydrogen (secondary N) is 2. The van der Waals surface area contributed by atoms with Crippen LogP contribution in [0.15, 0.2) is 24.3 Å². The van der Waals surface area contributed by atoms with Crippen LogP contribution in [0.2, 0.25) is 5.02 Å². The number of fused-ring (bicyclic) bond motifs is 1. The van der Waals surface area contributed by atoms with Gasteiger partial charge in [-0.15, -0.1) is 0 Å². The lowest BCUT2D eigenvalue weighted by Crippen LogP contribution is -2.42. The van der Waals surface area contributed by atoms with Crippen molar-refractivity contribution in [3.05, 3.63) is 39.9 Å². The van der Waals surface area contributed by atoms with Gasteiger partial charge in [-0.1, -0.05) is 22.9 Å². The van der Waals surface area contributed by atoms with Crippen molar-refractivity contribution in [3.63, 3.8) is 0 Å². The van der Waals surface area contributed by atoms with E-state index in [1.54, 1.807) is 24.3 Å². The van der Waals surface area contributed by atoms with E-state index in [2.05, 4.69) is 15.6 Å². The summed E-state index contributed by atoms with van der Waals surface area (Å²) >= 11 is 7.09. The number of rotatable bonds is 4. The maximum absolute atomic E-state index is 12.3. The van der Waals surface area contributed by atoms with Gasteiger partial charge < -0.3 is 5.32 Å². The first kappa shape index (κ1) is 19.1. The Morgan fingerprint density at radius 3 is 2.62 bits per heavy atom. The summed E-state index contributed by atoms with van der Waals surface area (Å²) in [5, 5.41) is 6.40. The number of urea groups is 1. The first-order valence-corrected chi connectivity index (χ1v) is 10.3. The third kappa shape index (κ3) is 4.15. The molecule has 0 unspecified atom stereocenters. The summed E-state index contributed by atoms with van der Waals surface area (Å²) in [5.74, 6) is 0. The number of nitrogens with zero attached hydrogens (tertiary/aromatic N) is 3. The standard InChI is InChI=1S/C15H18ClN5O3S2/c1-20(2)26(23,24)21-8-7-12-13(9-21)25-15(18-12)19-14(22)17-11-5-3-10(16)4-6-11/h3-6H,7-9H2,1-2H3,(H2,17,18,19,22). The Balaban J connectivity index is 1.66. The van der Waals surface area contributed by atoms with Crippen LogP contribution in [0.4, 0.5) is 15.6 Å². The molecule has 3 rings (SSSR count). The van der Waals surface area contributed by atoms with Gasteiger partial charge in [0.2, 0.25) is 0 Å². The molecule has 0 saturated heterocycles. The van der Waals surface area contributed by atoms with Crippen molar-refractivity contribution >= 4 is 50.0 Å². The van der Waals surface area contributed by atoms with E-state index in [-0.39, 0.29) is 6.54 Å². The van der Waals surface area contributed by atoms with Gasteiger partial charge in [-0.2, -0.15) is 17.0 Å². The molecular weight excluding hydrogens is 398 g/mol. The van der Waals surface area contributed by atoms with Crippen LogP contribution < -0.4 is 10.6 Å². The van der Waals surface area contributed by atoms with E-state index < -0.39 is 16.2 Å². The molecule has 2 N–H and O–H groups in total. The maximum Gasteiger partial charge on any atom is 0.325 e. The summed E-state index contributed by atoms with van der Waals surface area (Å²) in [5.41, 5.74) is 1.43. The molecule has 0 radical (unpaired) electrons. The summed E-state index contributed by atoms with van der Waals surface area (Å²) in [6.07, 6.45) is 0.513. The fourth-order valence-electron chi connectivity index (χ4n) is 2.45. The topological polar surface area (TPSA) is 94.6 Å². The highest BCUT2D eigenvalue weighted by atomic mass is 35.5. The number of carbonyl (C=O) groups excluding carboxylic acids is 1. The molecule has 8 nitrogen and oxygen atoms in total. The average molecular weight is 416 g/mol. The van der Waals surface area contributed by atoms with Crippen molar-refractivity contribution in [2.45, 2.75) is 13.0 Å². The molecule has 26 heavy (non-hydrogen) atoms. The monoisotopic (exact) mass is 415 g/mol. The molecule has 11 heteroatoms. The number of hydrogen-bond acceptors (Lipinski definition) is 5. The second-order valence-electron chi connectivity index (χ2n) is 5.85. The van der Waals surface area contributed by atoms with Gasteiger partial charge in [-0.05, 0) is 24.3 Å². The van der Waals surface area contributed by atoms with Crippen molar-refractivity contribution < 1.29 is 13.2 Å². The van der Waals surface area contributed by atoms with Crippen molar-refractivity contribution in [1.29, 1.82) is 0 Å². The minimum Gasteiger partial charge on any atom is -0.308 e.